The molecule has 0 fully saturated rings. The lowest BCUT2D eigenvalue weighted by Gasteiger charge is -2.15. The maximum atomic E-state index is 12.3. The van der Waals surface area contributed by atoms with Crippen LogP contribution in [0, 0.1) is 6.92 Å². The van der Waals surface area contributed by atoms with E-state index in [2.05, 4.69) is 10.9 Å². The van der Waals surface area contributed by atoms with E-state index in [0.29, 0.717) is 36.6 Å². The summed E-state index contributed by atoms with van der Waals surface area (Å²) in [5, 5.41) is 0.648. The van der Waals surface area contributed by atoms with Crippen LogP contribution in [0.3, 0.4) is 0 Å². The zero-order valence-corrected chi connectivity index (χ0v) is 17.7. The zero-order valence-electron chi connectivity index (χ0n) is 17.0. The Kier molecular flexibility index (Phi) is 6.95. The van der Waals surface area contributed by atoms with Gasteiger partial charge in [-0.05, 0) is 67.3 Å². The van der Waals surface area contributed by atoms with Crippen LogP contribution in [-0.2, 0) is 16.0 Å². The zero-order chi connectivity index (χ0) is 21.7. The highest BCUT2D eigenvalue weighted by Gasteiger charge is 2.23. The minimum Gasteiger partial charge on any atom is -0.493 e. The van der Waals surface area contributed by atoms with E-state index in [9.17, 15) is 14.4 Å². The van der Waals surface area contributed by atoms with E-state index < -0.39 is 5.91 Å². The van der Waals surface area contributed by atoms with Crippen molar-refractivity contribution in [1.29, 1.82) is 0 Å². The highest BCUT2D eigenvalue weighted by molar-refractivity contribution is 6.30. The fourth-order valence-corrected chi connectivity index (χ4v) is 3.55. The van der Waals surface area contributed by atoms with Gasteiger partial charge in [0.1, 0.15) is 5.75 Å². The predicted octanol–water partition coefficient (Wildman–Crippen LogP) is 3.18. The Labute approximate surface area is 180 Å². The van der Waals surface area contributed by atoms with Crippen molar-refractivity contribution >= 4 is 35.0 Å². The van der Waals surface area contributed by atoms with Gasteiger partial charge in [-0.25, -0.2) is 0 Å². The summed E-state index contributed by atoms with van der Waals surface area (Å²) in [4.78, 5) is 37.6. The van der Waals surface area contributed by atoms with Crippen molar-refractivity contribution in [3.63, 3.8) is 0 Å². The third-order valence-corrected chi connectivity index (χ3v) is 5.11. The minimum absolute atomic E-state index is 0.0200. The van der Waals surface area contributed by atoms with Crippen molar-refractivity contribution < 1.29 is 19.1 Å². The van der Waals surface area contributed by atoms with Crippen LogP contribution in [0.15, 0.2) is 36.4 Å². The number of hydrogen-bond donors (Lipinski definition) is 2. The van der Waals surface area contributed by atoms with Crippen molar-refractivity contribution in [2.75, 3.05) is 18.1 Å². The Hall–Kier alpha value is -3.06. The first-order chi connectivity index (χ1) is 14.3. The van der Waals surface area contributed by atoms with Gasteiger partial charge in [-0.2, -0.15) is 0 Å². The van der Waals surface area contributed by atoms with Crippen LogP contribution in [0.25, 0.3) is 0 Å². The standard InChI is InChI=1S/C22H24ClN3O4/c1-14-12-18(23)6-8-20(14)30-11-3-4-21(28)24-25-22(29)17-5-7-19-16(13-17)9-10-26(19)15(2)27/h5-8,12-13H,3-4,9-11H2,1-2H3,(H,24,28)(H,25,29). The summed E-state index contributed by atoms with van der Waals surface area (Å²) in [5.74, 6) is 0.00522. The topological polar surface area (TPSA) is 87.7 Å². The molecule has 0 spiro atoms. The molecule has 2 aromatic rings. The minimum atomic E-state index is -0.402. The number of nitrogens with zero attached hydrogens (tertiary/aromatic N) is 1. The number of amides is 3. The van der Waals surface area contributed by atoms with Crippen molar-refractivity contribution in [3.05, 3.63) is 58.1 Å². The number of hydrazine groups is 1. The molecule has 1 aliphatic heterocycles. The lowest BCUT2D eigenvalue weighted by Crippen LogP contribution is -2.41. The van der Waals surface area contributed by atoms with Crippen LogP contribution in [0.2, 0.25) is 5.02 Å². The molecule has 30 heavy (non-hydrogen) atoms. The predicted molar refractivity (Wildman–Crippen MR) is 115 cm³/mol. The fraction of sp³-hybridized carbons (Fsp3) is 0.318. The van der Waals surface area contributed by atoms with E-state index in [4.69, 9.17) is 16.3 Å². The maximum Gasteiger partial charge on any atom is 0.269 e. The number of rotatable bonds is 6. The van der Waals surface area contributed by atoms with E-state index in [1.54, 1.807) is 35.2 Å². The number of carbonyl (C=O) groups excluding carboxylic acids is 3. The van der Waals surface area contributed by atoms with E-state index in [-0.39, 0.29) is 18.2 Å². The number of benzene rings is 2. The SMILES string of the molecule is CC(=O)N1CCc2cc(C(=O)NNC(=O)CCCOc3ccc(Cl)cc3C)ccc21. The van der Waals surface area contributed by atoms with E-state index in [0.717, 1.165) is 22.6 Å². The van der Waals surface area contributed by atoms with Gasteiger partial charge >= 0.3 is 0 Å². The smallest absolute Gasteiger partial charge is 0.269 e. The summed E-state index contributed by atoms with van der Waals surface area (Å²) < 4.78 is 5.65. The number of ether oxygens (including phenoxy) is 1. The number of hydrogen-bond acceptors (Lipinski definition) is 4. The molecule has 0 aliphatic carbocycles. The summed E-state index contributed by atoms with van der Waals surface area (Å²) in [6, 6.07) is 10.5. The van der Waals surface area contributed by atoms with Crippen molar-refractivity contribution in [1.82, 2.24) is 10.9 Å². The second-order valence-electron chi connectivity index (χ2n) is 7.13. The Morgan fingerprint density at radius 2 is 1.93 bits per heavy atom. The molecular weight excluding hydrogens is 406 g/mol. The van der Waals surface area contributed by atoms with E-state index >= 15 is 0 Å². The molecule has 0 saturated carbocycles. The third-order valence-electron chi connectivity index (χ3n) is 4.88. The van der Waals surface area contributed by atoms with E-state index in [1.807, 2.05) is 13.0 Å². The molecule has 3 amide bonds. The molecule has 0 radical (unpaired) electrons. The number of fused-ring (bicyclic) bond motifs is 1. The first kappa shape index (κ1) is 21.6. The fourth-order valence-electron chi connectivity index (χ4n) is 3.32. The molecule has 8 heteroatoms. The normalized spacial score (nSPS) is 12.3. The van der Waals surface area contributed by atoms with Gasteiger partial charge in [0.25, 0.3) is 5.91 Å². The molecule has 7 nitrogen and oxygen atoms in total. The lowest BCUT2D eigenvalue weighted by atomic mass is 10.1. The molecule has 2 N–H and O–H groups in total. The molecule has 0 unspecified atom stereocenters. The number of carbonyl (C=O) groups is 3. The molecule has 0 bridgehead atoms. The molecule has 2 aromatic carbocycles. The second kappa shape index (κ2) is 9.63. The highest BCUT2D eigenvalue weighted by Crippen LogP contribution is 2.28. The Morgan fingerprint density at radius 3 is 2.67 bits per heavy atom. The van der Waals surface area contributed by atoms with Crippen molar-refractivity contribution in [2.45, 2.75) is 33.1 Å². The monoisotopic (exact) mass is 429 g/mol. The first-order valence-corrected chi connectivity index (χ1v) is 10.1. The van der Waals surface area contributed by atoms with Crippen molar-refractivity contribution in [2.24, 2.45) is 0 Å². The molecule has 3 rings (SSSR count). The van der Waals surface area contributed by atoms with Gasteiger partial charge in [-0.15, -0.1) is 0 Å². The number of nitrogens with one attached hydrogen (secondary N) is 2. The quantitative estimate of drug-likeness (QED) is 0.545. The van der Waals surface area contributed by atoms with Crippen LogP contribution in [0.1, 0.15) is 41.3 Å². The summed E-state index contributed by atoms with van der Waals surface area (Å²) in [7, 11) is 0. The van der Waals surface area contributed by atoms with Gasteiger partial charge in [0.15, 0.2) is 0 Å². The second-order valence-corrected chi connectivity index (χ2v) is 7.56. The summed E-state index contributed by atoms with van der Waals surface area (Å²) in [6.45, 7) is 4.42. The van der Waals surface area contributed by atoms with Gasteiger partial charge in [0.2, 0.25) is 11.8 Å². The van der Waals surface area contributed by atoms with Gasteiger partial charge < -0.3 is 9.64 Å². The summed E-state index contributed by atoms with van der Waals surface area (Å²) in [5.41, 5.74) is 7.98. The van der Waals surface area contributed by atoms with Gasteiger partial charge in [-0.1, -0.05) is 11.6 Å². The number of aryl methyl sites for hydroxylation is 1. The van der Waals surface area contributed by atoms with Crippen LogP contribution < -0.4 is 20.5 Å². The molecule has 0 aromatic heterocycles. The molecule has 1 aliphatic rings. The average Bonchev–Trinajstić information content (AvgIpc) is 3.14. The Morgan fingerprint density at radius 1 is 1.13 bits per heavy atom. The molecular formula is C22H24ClN3O4. The average molecular weight is 430 g/mol. The first-order valence-electron chi connectivity index (χ1n) is 9.74. The highest BCUT2D eigenvalue weighted by atomic mass is 35.5. The van der Waals surface area contributed by atoms with Crippen LogP contribution >= 0.6 is 11.6 Å². The number of halogens is 1. The van der Waals surface area contributed by atoms with Crippen molar-refractivity contribution in [3.8, 4) is 5.75 Å². The maximum absolute atomic E-state index is 12.3. The largest absolute Gasteiger partial charge is 0.493 e. The molecule has 0 atom stereocenters. The van der Waals surface area contributed by atoms with E-state index in [1.165, 1.54) is 6.92 Å². The van der Waals surface area contributed by atoms with Crippen LogP contribution in [0.4, 0.5) is 5.69 Å². The third kappa shape index (κ3) is 5.30. The Bertz CT molecular complexity index is 977. The van der Waals surface area contributed by atoms with Crippen LogP contribution in [0.5, 0.6) is 5.75 Å². The molecule has 1 heterocycles. The lowest BCUT2D eigenvalue weighted by molar-refractivity contribution is -0.122. The summed E-state index contributed by atoms with van der Waals surface area (Å²) in [6.07, 6.45) is 1.42. The number of anilines is 1. The molecule has 158 valence electrons. The van der Waals surface area contributed by atoms with Gasteiger partial charge in [-0.3, -0.25) is 25.2 Å². The molecule has 0 saturated heterocycles. The Balaban J connectivity index is 1.41. The van der Waals surface area contributed by atoms with Crippen LogP contribution in [-0.4, -0.2) is 30.9 Å². The van der Waals surface area contributed by atoms with Gasteiger partial charge in [0, 0.05) is 36.2 Å². The van der Waals surface area contributed by atoms with Gasteiger partial charge in [0.05, 0.1) is 6.61 Å². The summed E-state index contributed by atoms with van der Waals surface area (Å²) >= 11 is 5.91.